The van der Waals surface area contributed by atoms with Crippen LogP contribution in [0.25, 0.3) is 0 Å². The standard InChI is InChI=1S/C16H20ClN3O5S/c1-3-20(4-2)26(23,24)14-10-12(6-7-13(14)17)16(22)25-11-15(21)19-9-5-8-18/h6-7,10H,3-5,9,11H2,1-2H3,(H,19,21). The summed E-state index contributed by atoms with van der Waals surface area (Å²) in [4.78, 5) is 23.4. The molecule has 0 fully saturated rings. The Morgan fingerprint density at radius 2 is 1.96 bits per heavy atom. The van der Waals surface area contributed by atoms with E-state index in [9.17, 15) is 18.0 Å². The van der Waals surface area contributed by atoms with Crippen LogP contribution in [0.1, 0.15) is 30.6 Å². The average molecular weight is 402 g/mol. The van der Waals surface area contributed by atoms with Crippen molar-refractivity contribution in [3.8, 4) is 6.07 Å². The molecule has 0 saturated heterocycles. The zero-order valence-corrected chi connectivity index (χ0v) is 16.1. The fourth-order valence-electron chi connectivity index (χ4n) is 2.05. The second-order valence-electron chi connectivity index (χ2n) is 5.07. The Balaban J connectivity index is 2.91. The van der Waals surface area contributed by atoms with E-state index in [1.165, 1.54) is 16.4 Å². The molecule has 0 saturated carbocycles. The zero-order valence-electron chi connectivity index (χ0n) is 14.5. The largest absolute Gasteiger partial charge is 0.452 e. The number of hydrogen-bond donors (Lipinski definition) is 1. The van der Waals surface area contributed by atoms with Crippen LogP contribution in [0.5, 0.6) is 0 Å². The van der Waals surface area contributed by atoms with Crippen molar-refractivity contribution in [2.75, 3.05) is 26.2 Å². The molecule has 8 nitrogen and oxygen atoms in total. The molecule has 0 unspecified atom stereocenters. The predicted molar refractivity (Wildman–Crippen MR) is 95.1 cm³/mol. The summed E-state index contributed by atoms with van der Waals surface area (Å²) in [6.07, 6.45) is 0.142. The van der Waals surface area contributed by atoms with E-state index in [0.717, 1.165) is 6.07 Å². The first-order chi connectivity index (χ1) is 12.3. The molecular formula is C16H20ClN3O5S. The molecule has 1 rings (SSSR count). The number of nitrogens with one attached hydrogen (secondary N) is 1. The van der Waals surface area contributed by atoms with Crippen LogP contribution < -0.4 is 5.32 Å². The minimum absolute atomic E-state index is 0.0114. The van der Waals surface area contributed by atoms with Crippen molar-refractivity contribution in [2.24, 2.45) is 0 Å². The lowest BCUT2D eigenvalue weighted by atomic mass is 10.2. The highest BCUT2D eigenvalue weighted by molar-refractivity contribution is 7.89. The summed E-state index contributed by atoms with van der Waals surface area (Å²) in [7, 11) is -3.85. The minimum atomic E-state index is -3.85. The molecule has 1 aromatic carbocycles. The second kappa shape index (κ2) is 10.1. The number of sulfonamides is 1. The third kappa shape index (κ3) is 5.69. The normalized spacial score (nSPS) is 11.0. The summed E-state index contributed by atoms with van der Waals surface area (Å²) in [5.74, 6) is -1.41. The van der Waals surface area contributed by atoms with Crippen LogP contribution in [0.3, 0.4) is 0 Å². The molecule has 1 amide bonds. The first kappa shape index (κ1) is 21.9. The monoisotopic (exact) mass is 401 g/mol. The molecular weight excluding hydrogens is 382 g/mol. The molecule has 10 heteroatoms. The maximum Gasteiger partial charge on any atom is 0.338 e. The fourth-order valence-corrected chi connectivity index (χ4v) is 4.01. The maximum absolute atomic E-state index is 12.6. The quantitative estimate of drug-likeness (QED) is 0.495. The van der Waals surface area contributed by atoms with Crippen LogP contribution in [0.15, 0.2) is 23.1 Å². The van der Waals surface area contributed by atoms with Gasteiger partial charge in [0.05, 0.1) is 23.1 Å². The number of benzene rings is 1. The highest BCUT2D eigenvalue weighted by Gasteiger charge is 2.26. The zero-order chi connectivity index (χ0) is 19.7. The molecule has 26 heavy (non-hydrogen) atoms. The van der Waals surface area contributed by atoms with Gasteiger partial charge in [-0.15, -0.1) is 0 Å². The molecule has 0 radical (unpaired) electrons. The van der Waals surface area contributed by atoms with Gasteiger partial charge < -0.3 is 10.1 Å². The number of nitrogens with zero attached hydrogens (tertiary/aromatic N) is 2. The third-order valence-corrected chi connectivity index (χ3v) is 5.91. The van der Waals surface area contributed by atoms with E-state index in [0.29, 0.717) is 0 Å². The number of amides is 1. The lowest BCUT2D eigenvalue weighted by Gasteiger charge is -2.19. The van der Waals surface area contributed by atoms with E-state index < -0.39 is 28.5 Å². The molecule has 0 atom stereocenters. The van der Waals surface area contributed by atoms with Crippen molar-refractivity contribution in [2.45, 2.75) is 25.2 Å². The van der Waals surface area contributed by atoms with E-state index in [4.69, 9.17) is 21.6 Å². The Labute approximate surface area is 157 Å². The Bertz CT molecular complexity index is 801. The van der Waals surface area contributed by atoms with E-state index in [-0.39, 0.29) is 41.5 Å². The van der Waals surface area contributed by atoms with Gasteiger partial charge in [-0.1, -0.05) is 25.4 Å². The lowest BCUT2D eigenvalue weighted by Crippen LogP contribution is -2.31. The van der Waals surface area contributed by atoms with Crippen LogP contribution >= 0.6 is 11.6 Å². The second-order valence-corrected chi connectivity index (χ2v) is 7.38. The van der Waals surface area contributed by atoms with Gasteiger partial charge in [0.15, 0.2) is 6.61 Å². The van der Waals surface area contributed by atoms with Crippen molar-refractivity contribution in [1.82, 2.24) is 9.62 Å². The smallest absolute Gasteiger partial charge is 0.338 e. The van der Waals surface area contributed by atoms with Crippen LogP contribution in [0.4, 0.5) is 0 Å². The maximum atomic E-state index is 12.6. The number of rotatable bonds is 9. The van der Waals surface area contributed by atoms with Crippen LogP contribution in [-0.4, -0.2) is 50.8 Å². The summed E-state index contributed by atoms with van der Waals surface area (Å²) < 4.78 is 31.3. The summed E-state index contributed by atoms with van der Waals surface area (Å²) in [5.41, 5.74) is -0.0371. The van der Waals surface area contributed by atoms with Gasteiger partial charge in [-0.2, -0.15) is 9.57 Å². The summed E-state index contributed by atoms with van der Waals surface area (Å²) in [5, 5.41) is 10.8. The number of halogens is 1. The summed E-state index contributed by atoms with van der Waals surface area (Å²) in [6.45, 7) is 3.51. The fraction of sp³-hybridized carbons (Fsp3) is 0.438. The van der Waals surface area contributed by atoms with E-state index in [1.807, 2.05) is 6.07 Å². The van der Waals surface area contributed by atoms with Crippen LogP contribution in [0, 0.1) is 11.3 Å². The predicted octanol–water partition coefficient (Wildman–Crippen LogP) is 1.56. The van der Waals surface area contributed by atoms with Gasteiger partial charge in [-0.25, -0.2) is 13.2 Å². The molecule has 0 bridgehead atoms. The Kier molecular flexibility index (Phi) is 8.51. The molecule has 0 aliphatic heterocycles. The van der Waals surface area contributed by atoms with Gasteiger partial charge in [0.1, 0.15) is 4.90 Å². The van der Waals surface area contributed by atoms with Gasteiger partial charge in [0.25, 0.3) is 5.91 Å². The highest BCUT2D eigenvalue weighted by Crippen LogP contribution is 2.26. The molecule has 1 aromatic rings. The SMILES string of the molecule is CCN(CC)S(=O)(=O)c1cc(C(=O)OCC(=O)NCCC#N)ccc1Cl. The van der Waals surface area contributed by atoms with E-state index in [1.54, 1.807) is 13.8 Å². The number of ether oxygens (including phenoxy) is 1. The molecule has 0 heterocycles. The van der Waals surface area contributed by atoms with Crippen LogP contribution in [-0.2, 0) is 19.6 Å². The van der Waals surface area contributed by atoms with Crippen molar-refractivity contribution in [3.05, 3.63) is 28.8 Å². The molecule has 1 N–H and O–H groups in total. The van der Waals surface area contributed by atoms with E-state index in [2.05, 4.69) is 5.32 Å². The Morgan fingerprint density at radius 1 is 1.31 bits per heavy atom. The molecule has 0 aromatic heterocycles. The highest BCUT2D eigenvalue weighted by atomic mass is 35.5. The van der Waals surface area contributed by atoms with Gasteiger partial charge in [0.2, 0.25) is 10.0 Å². The number of carbonyl (C=O) groups is 2. The van der Waals surface area contributed by atoms with Gasteiger partial charge in [-0.05, 0) is 18.2 Å². The summed E-state index contributed by atoms with van der Waals surface area (Å²) >= 11 is 5.99. The lowest BCUT2D eigenvalue weighted by molar-refractivity contribution is -0.124. The van der Waals surface area contributed by atoms with Crippen molar-refractivity contribution >= 4 is 33.5 Å². The number of nitriles is 1. The first-order valence-electron chi connectivity index (χ1n) is 7.88. The van der Waals surface area contributed by atoms with Crippen molar-refractivity contribution in [1.29, 1.82) is 5.26 Å². The van der Waals surface area contributed by atoms with E-state index >= 15 is 0 Å². The molecule has 0 spiro atoms. The number of hydrogen-bond acceptors (Lipinski definition) is 6. The number of carbonyl (C=O) groups excluding carboxylic acids is 2. The Hall–Kier alpha value is -2.15. The van der Waals surface area contributed by atoms with Gasteiger partial charge >= 0.3 is 5.97 Å². The topological polar surface area (TPSA) is 117 Å². The van der Waals surface area contributed by atoms with Crippen molar-refractivity contribution < 1.29 is 22.7 Å². The summed E-state index contributed by atoms with van der Waals surface area (Å²) in [6, 6.07) is 5.61. The van der Waals surface area contributed by atoms with Gasteiger partial charge in [0, 0.05) is 19.6 Å². The number of esters is 1. The molecule has 0 aliphatic rings. The molecule has 0 aliphatic carbocycles. The average Bonchev–Trinajstić information content (AvgIpc) is 2.61. The third-order valence-electron chi connectivity index (χ3n) is 3.38. The Morgan fingerprint density at radius 3 is 2.54 bits per heavy atom. The van der Waals surface area contributed by atoms with Crippen molar-refractivity contribution in [3.63, 3.8) is 0 Å². The minimum Gasteiger partial charge on any atom is -0.452 e. The first-order valence-corrected chi connectivity index (χ1v) is 9.70. The molecule has 142 valence electrons. The van der Waals surface area contributed by atoms with Gasteiger partial charge in [-0.3, -0.25) is 4.79 Å². The van der Waals surface area contributed by atoms with Crippen LogP contribution in [0.2, 0.25) is 5.02 Å².